The highest BCUT2D eigenvalue weighted by atomic mass is 19.1. The predicted molar refractivity (Wildman–Crippen MR) is 67.7 cm³/mol. The number of hydrogen-bond donors (Lipinski definition) is 1. The first-order chi connectivity index (χ1) is 8.51. The first-order valence-corrected chi connectivity index (χ1v) is 5.84. The highest BCUT2D eigenvalue weighted by molar-refractivity contribution is 5.53. The standard InChI is InChI=1S/C14H15FN2O/c1-3-14(18)6-7-17(10(14)2)12-5-4-11(9-16)13(15)8-12/h3-5,8,10,18H,1,6-7H2,2H3. The van der Waals surface area contributed by atoms with E-state index in [1.807, 2.05) is 11.8 Å². The van der Waals surface area contributed by atoms with Crippen LogP contribution < -0.4 is 4.90 Å². The van der Waals surface area contributed by atoms with E-state index < -0.39 is 11.4 Å². The lowest BCUT2D eigenvalue weighted by atomic mass is 9.96. The van der Waals surface area contributed by atoms with E-state index in [0.717, 1.165) is 0 Å². The van der Waals surface area contributed by atoms with Crippen molar-refractivity contribution in [1.82, 2.24) is 0 Å². The molecule has 0 amide bonds. The fourth-order valence-corrected chi connectivity index (χ4v) is 2.37. The van der Waals surface area contributed by atoms with Crippen molar-refractivity contribution in [2.45, 2.75) is 25.0 Å². The Labute approximate surface area is 106 Å². The molecule has 1 saturated heterocycles. The maximum Gasteiger partial charge on any atom is 0.143 e. The van der Waals surface area contributed by atoms with Crippen LogP contribution in [0.2, 0.25) is 0 Å². The van der Waals surface area contributed by atoms with Crippen molar-refractivity contribution < 1.29 is 9.50 Å². The third-order valence-corrected chi connectivity index (χ3v) is 3.70. The van der Waals surface area contributed by atoms with E-state index in [-0.39, 0.29) is 11.6 Å². The molecule has 1 aliphatic heterocycles. The zero-order chi connectivity index (χ0) is 13.3. The molecule has 0 aliphatic carbocycles. The molecule has 1 aliphatic rings. The fourth-order valence-electron chi connectivity index (χ4n) is 2.37. The summed E-state index contributed by atoms with van der Waals surface area (Å²) in [4.78, 5) is 1.92. The second-order valence-corrected chi connectivity index (χ2v) is 4.59. The van der Waals surface area contributed by atoms with Crippen molar-refractivity contribution in [3.63, 3.8) is 0 Å². The van der Waals surface area contributed by atoms with Crippen LogP contribution in [0.5, 0.6) is 0 Å². The van der Waals surface area contributed by atoms with Crippen LogP contribution in [0, 0.1) is 17.1 Å². The normalized spacial score (nSPS) is 27.0. The molecular weight excluding hydrogens is 231 g/mol. The van der Waals surface area contributed by atoms with Gasteiger partial charge in [-0.05, 0) is 31.5 Å². The molecule has 2 atom stereocenters. The van der Waals surface area contributed by atoms with Crippen molar-refractivity contribution in [2.24, 2.45) is 0 Å². The van der Waals surface area contributed by atoms with Gasteiger partial charge in [0.15, 0.2) is 0 Å². The average Bonchev–Trinajstić information content (AvgIpc) is 2.67. The second kappa shape index (κ2) is 4.43. The van der Waals surface area contributed by atoms with E-state index in [2.05, 4.69) is 6.58 Å². The topological polar surface area (TPSA) is 47.3 Å². The lowest BCUT2D eigenvalue weighted by Crippen LogP contribution is -2.40. The highest BCUT2D eigenvalue weighted by Gasteiger charge is 2.41. The summed E-state index contributed by atoms with van der Waals surface area (Å²) in [5.74, 6) is -0.531. The molecule has 0 saturated carbocycles. The number of aliphatic hydroxyl groups is 1. The van der Waals surface area contributed by atoms with E-state index in [1.165, 1.54) is 18.2 Å². The first kappa shape index (κ1) is 12.6. The van der Waals surface area contributed by atoms with Crippen LogP contribution in [0.1, 0.15) is 18.9 Å². The Balaban J connectivity index is 2.32. The van der Waals surface area contributed by atoms with Gasteiger partial charge in [0.2, 0.25) is 0 Å². The van der Waals surface area contributed by atoms with Gasteiger partial charge in [0.1, 0.15) is 17.5 Å². The molecule has 1 N–H and O–H groups in total. The Hall–Kier alpha value is -1.86. The number of rotatable bonds is 2. The quantitative estimate of drug-likeness (QED) is 0.814. The molecule has 94 valence electrons. The van der Waals surface area contributed by atoms with E-state index in [1.54, 1.807) is 12.1 Å². The summed E-state index contributed by atoms with van der Waals surface area (Å²) < 4.78 is 13.6. The molecule has 1 fully saturated rings. The Morgan fingerprint density at radius 1 is 1.67 bits per heavy atom. The third kappa shape index (κ3) is 1.87. The number of anilines is 1. The van der Waals surface area contributed by atoms with Gasteiger partial charge in [-0.25, -0.2) is 4.39 Å². The maximum absolute atomic E-state index is 13.6. The largest absolute Gasteiger partial charge is 0.384 e. The number of nitrogens with zero attached hydrogens (tertiary/aromatic N) is 2. The van der Waals surface area contributed by atoms with E-state index >= 15 is 0 Å². The molecule has 0 bridgehead atoms. The summed E-state index contributed by atoms with van der Waals surface area (Å²) in [5, 5.41) is 19.0. The molecule has 0 radical (unpaired) electrons. The van der Waals surface area contributed by atoms with Gasteiger partial charge in [-0.2, -0.15) is 5.26 Å². The minimum atomic E-state index is -0.940. The lowest BCUT2D eigenvalue weighted by molar-refractivity contribution is 0.0876. The smallest absolute Gasteiger partial charge is 0.143 e. The SMILES string of the molecule is C=CC1(O)CCN(c2ccc(C#N)c(F)c2)C1C. The summed E-state index contributed by atoms with van der Waals surface area (Å²) in [5.41, 5.74) is -0.231. The Morgan fingerprint density at radius 3 is 2.89 bits per heavy atom. The minimum absolute atomic E-state index is 0.0320. The zero-order valence-electron chi connectivity index (χ0n) is 10.2. The average molecular weight is 246 g/mol. The van der Waals surface area contributed by atoms with Gasteiger partial charge in [0, 0.05) is 12.2 Å². The van der Waals surface area contributed by atoms with Gasteiger partial charge >= 0.3 is 0 Å². The Kier molecular flexibility index (Phi) is 3.10. The van der Waals surface area contributed by atoms with Gasteiger partial charge in [0.05, 0.1) is 11.6 Å². The number of hydrogen-bond acceptors (Lipinski definition) is 3. The summed E-state index contributed by atoms with van der Waals surface area (Å²) in [6.07, 6.45) is 2.11. The molecule has 0 spiro atoms. The van der Waals surface area contributed by atoms with Crippen molar-refractivity contribution in [1.29, 1.82) is 5.26 Å². The molecular formula is C14H15FN2O. The summed E-state index contributed by atoms with van der Waals surface area (Å²) in [7, 11) is 0. The van der Waals surface area contributed by atoms with Crippen LogP contribution in [0.25, 0.3) is 0 Å². The van der Waals surface area contributed by atoms with Crippen LogP contribution in [-0.2, 0) is 0 Å². The summed E-state index contributed by atoms with van der Waals surface area (Å²) >= 11 is 0. The van der Waals surface area contributed by atoms with Gasteiger partial charge in [-0.1, -0.05) is 6.08 Å². The number of halogens is 1. The van der Waals surface area contributed by atoms with Crippen molar-refractivity contribution in [2.75, 3.05) is 11.4 Å². The highest BCUT2D eigenvalue weighted by Crippen LogP contribution is 2.34. The number of nitriles is 1. The minimum Gasteiger partial charge on any atom is -0.384 e. The number of benzene rings is 1. The molecule has 1 aromatic carbocycles. The fraction of sp³-hybridized carbons (Fsp3) is 0.357. The lowest BCUT2D eigenvalue weighted by Gasteiger charge is -2.30. The van der Waals surface area contributed by atoms with Crippen LogP contribution in [0.15, 0.2) is 30.9 Å². The monoisotopic (exact) mass is 246 g/mol. The van der Waals surface area contributed by atoms with E-state index in [0.29, 0.717) is 18.7 Å². The molecule has 2 rings (SSSR count). The van der Waals surface area contributed by atoms with Crippen molar-refractivity contribution in [3.8, 4) is 6.07 Å². The molecule has 3 nitrogen and oxygen atoms in total. The third-order valence-electron chi connectivity index (χ3n) is 3.70. The summed E-state index contributed by atoms with van der Waals surface area (Å²) in [6.45, 7) is 6.16. The Bertz CT molecular complexity index is 523. The molecule has 1 aromatic rings. The molecule has 2 unspecified atom stereocenters. The van der Waals surface area contributed by atoms with Crippen LogP contribution in [0.4, 0.5) is 10.1 Å². The zero-order valence-corrected chi connectivity index (χ0v) is 10.2. The van der Waals surface area contributed by atoms with Crippen LogP contribution in [0.3, 0.4) is 0 Å². The molecule has 18 heavy (non-hydrogen) atoms. The van der Waals surface area contributed by atoms with E-state index in [4.69, 9.17) is 5.26 Å². The van der Waals surface area contributed by atoms with Crippen LogP contribution >= 0.6 is 0 Å². The first-order valence-electron chi connectivity index (χ1n) is 5.84. The molecule has 1 heterocycles. The summed E-state index contributed by atoms with van der Waals surface area (Å²) in [6, 6.07) is 6.13. The molecule has 4 heteroatoms. The van der Waals surface area contributed by atoms with Gasteiger partial charge in [-0.15, -0.1) is 6.58 Å². The van der Waals surface area contributed by atoms with Crippen LogP contribution in [-0.4, -0.2) is 23.3 Å². The Morgan fingerprint density at radius 2 is 2.39 bits per heavy atom. The van der Waals surface area contributed by atoms with Crippen molar-refractivity contribution >= 4 is 5.69 Å². The maximum atomic E-state index is 13.6. The predicted octanol–water partition coefficient (Wildman–Crippen LogP) is 2.21. The van der Waals surface area contributed by atoms with Crippen molar-refractivity contribution in [3.05, 3.63) is 42.2 Å². The van der Waals surface area contributed by atoms with Gasteiger partial charge in [0.25, 0.3) is 0 Å². The van der Waals surface area contributed by atoms with Gasteiger partial charge in [-0.3, -0.25) is 0 Å². The second-order valence-electron chi connectivity index (χ2n) is 4.59. The molecule has 0 aromatic heterocycles. The van der Waals surface area contributed by atoms with Gasteiger partial charge < -0.3 is 10.0 Å². The van der Waals surface area contributed by atoms with E-state index in [9.17, 15) is 9.50 Å².